The number of rotatable bonds is 13. The zero-order chi connectivity index (χ0) is 51.5. The Morgan fingerprint density at radius 3 is 1.58 bits per heavy atom. The lowest BCUT2D eigenvalue weighted by atomic mass is 9.83. The van der Waals surface area contributed by atoms with Gasteiger partial charge in [-0.1, -0.05) is 11.6 Å². The number of benzene rings is 2. The molecule has 6 aromatic rings. The number of aliphatic hydroxyl groups is 1. The molecule has 3 N–H and O–H groups in total. The Morgan fingerprint density at radius 1 is 0.694 bits per heavy atom. The number of hydrogen-bond acceptors (Lipinski definition) is 18. The van der Waals surface area contributed by atoms with Gasteiger partial charge in [-0.05, 0) is 87.7 Å². The first-order valence-corrected chi connectivity index (χ1v) is 27.1. The van der Waals surface area contributed by atoms with E-state index < -0.39 is 37.3 Å². The van der Waals surface area contributed by atoms with Gasteiger partial charge in [0.2, 0.25) is 43.7 Å². The van der Waals surface area contributed by atoms with Gasteiger partial charge in [-0.15, -0.1) is 0 Å². The number of fused-ring (bicyclic) bond motifs is 2. The van der Waals surface area contributed by atoms with Crippen molar-refractivity contribution in [1.82, 2.24) is 34.8 Å². The van der Waals surface area contributed by atoms with Gasteiger partial charge in [-0.25, -0.2) is 55.5 Å². The van der Waals surface area contributed by atoms with Gasteiger partial charge in [0.1, 0.15) is 23.0 Å². The largest absolute Gasteiger partial charge is 0.480 e. The summed E-state index contributed by atoms with van der Waals surface area (Å²) in [6, 6.07) is 8.51. The topological polar surface area (TPSA) is 237 Å². The highest BCUT2D eigenvalue weighted by Crippen LogP contribution is 2.38. The number of ether oxygens (including phenoxy) is 4. The molecular weight excluding hydrogens is 1000 g/mol. The molecule has 4 aromatic heterocycles. The van der Waals surface area contributed by atoms with Crippen LogP contribution in [0.3, 0.4) is 0 Å². The normalized spacial score (nSPS) is 16.4. The zero-order valence-corrected chi connectivity index (χ0v) is 43.0. The summed E-state index contributed by atoms with van der Waals surface area (Å²) in [4.78, 5) is 33.7. The minimum absolute atomic E-state index is 0.0881. The van der Waals surface area contributed by atoms with Crippen LogP contribution in [0.5, 0.6) is 11.8 Å². The van der Waals surface area contributed by atoms with Crippen molar-refractivity contribution in [1.29, 1.82) is 0 Å². The third-order valence-corrected chi connectivity index (χ3v) is 13.8. The van der Waals surface area contributed by atoms with Crippen LogP contribution in [0.25, 0.3) is 44.3 Å². The SMILES string of the molecule is COc1ncc(-c2nc(N3CCOCC3)nc3c(CN4CCC(C(C)(C)O)CC4)cc(F)cc23)cc1NS(C)(=O)=O.COc1ncc(-c2nc(N3CCOCC3)nc3c(Cl)cc(F)cc23)cc1NS(C)(=O)=O. The maximum absolute atomic E-state index is 15.2. The predicted octanol–water partition coefficient (Wildman–Crippen LogP) is 5.73. The summed E-state index contributed by atoms with van der Waals surface area (Å²) in [6.07, 6.45) is 6.76. The molecule has 3 aliphatic rings. The van der Waals surface area contributed by atoms with Crippen LogP contribution in [0, 0.1) is 17.6 Å². The number of pyridine rings is 2. The summed E-state index contributed by atoms with van der Waals surface area (Å²) in [5.41, 5.74) is 3.00. The second-order valence-electron chi connectivity index (χ2n) is 18.2. The number of anilines is 4. The average molecular weight is 1060 g/mol. The number of nitrogens with one attached hydrogen (secondary N) is 2. The van der Waals surface area contributed by atoms with E-state index in [1.807, 2.05) is 23.6 Å². The number of aromatic nitrogens is 6. The number of nitrogens with zero attached hydrogens (tertiary/aromatic N) is 9. The molecule has 9 rings (SSSR count). The lowest BCUT2D eigenvalue weighted by molar-refractivity contribution is -0.0135. The second-order valence-corrected chi connectivity index (χ2v) is 22.1. The Balaban J connectivity index is 0.000000200. The summed E-state index contributed by atoms with van der Waals surface area (Å²) in [6.45, 7) is 10.3. The van der Waals surface area contributed by atoms with Gasteiger partial charge < -0.3 is 33.9 Å². The number of halogens is 3. The molecule has 0 unspecified atom stereocenters. The summed E-state index contributed by atoms with van der Waals surface area (Å²) in [5.74, 6) is 0.335. The van der Waals surface area contributed by atoms with E-state index in [-0.39, 0.29) is 34.1 Å². The Hall–Kier alpha value is -5.89. The lowest BCUT2D eigenvalue weighted by Gasteiger charge is -2.37. The number of likely N-dealkylation sites (tertiary alicyclic amines) is 1. The van der Waals surface area contributed by atoms with Gasteiger partial charge in [-0.3, -0.25) is 14.3 Å². The molecule has 25 heteroatoms. The molecule has 2 aromatic carbocycles. The predicted molar refractivity (Wildman–Crippen MR) is 271 cm³/mol. The highest BCUT2D eigenvalue weighted by Gasteiger charge is 2.31. The van der Waals surface area contributed by atoms with Crippen LogP contribution in [-0.4, -0.2) is 155 Å². The fourth-order valence-electron chi connectivity index (χ4n) is 8.84. The highest BCUT2D eigenvalue weighted by atomic mass is 35.5. The number of hydrogen-bond donors (Lipinski definition) is 3. The Bertz CT molecular complexity index is 3190. The molecule has 0 saturated carbocycles. The molecule has 0 aliphatic carbocycles. The first-order chi connectivity index (χ1) is 34.2. The van der Waals surface area contributed by atoms with E-state index >= 15 is 4.39 Å². The summed E-state index contributed by atoms with van der Waals surface area (Å²) in [7, 11) is -4.44. The lowest BCUT2D eigenvalue weighted by Crippen LogP contribution is -2.41. The van der Waals surface area contributed by atoms with Crippen LogP contribution in [0.15, 0.2) is 48.8 Å². The Kier molecular flexibility index (Phi) is 15.8. The molecule has 7 heterocycles. The fourth-order valence-corrected chi connectivity index (χ4v) is 10.2. The number of methoxy groups -OCH3 is 2. The number of morpholine rings is 2. The van der Waals surface area contributed by atoms with Gasteiger partial charge in [0.25, 0.3) is 0 Å². The molecule has 3 saturated heterocycles. The molecule has 20 nitrogen and oxygen atoms in total. The van der Waals surface area contributed by atoms with E-state index in [2.05, 4.69) is 34.3 Å². The van der Waals surface area contributed by atoms with Gasteiger partial charge in [0.05, 0.1) is 86.2 Å². The quantitative estimate of drug-likeness (QED) is 0.125. The Labute approximate surface area is 421 Å². The van der Waals surface area contributed by atoms with Crippen molar-refractivity contribution < 1.29 is 49.7 Å². The van der Waals surface area contributed by atoms with Gasteiger partial charge in [-0.2, -0.15) is 0 Å². The molecule has 0 amide bonds. The van der Waals surface area contributed by atoms with E-state index in [1.54, 1.807) is 6.07 Å². The fraction of sp³-hybridized carbons (Fsp3) is 0.447. The van der Waals surface area contributed by atoms with Crippen LogP contribution in [0.4, 0.5) is 32.1 Å². The first kappa shape index (κ1) is 52.4. The number of piperidine rings is 1. The van der Waals surface area contributed by atoms with Crippen molar-refractivity contribution in [3.63, 3.8) is 0 Å². The van der Waals surface area contributed by atoms with Gasteiger partial charge in [0.15, 0.2) is 0 Å². The van der Waals surface area contributed by atoms with Crippen molar-refractivity contribution >= 4 is 76.7 Å². The highest BCUT2D eigenvalue weighted by molar-refractivity contribution is 7.92. The minimum atomic E-state index is -3.63. The molecule has 3 aliphatic heterocycles. The summed E-state index contributed by atoms with van der Waals surface area (Å²) in [5, 5.41) is 11.5. The third kappa shape index (κ3) is 12.6. The second kappa shape index (κ2) is 21.7. The first-order valence-electron chi connectivity index (χ1n) is 23.0. The minimum Gasteiger partial charge on any atom is -0.480 e. The van der Waals surface area contributed by atoms with Crippen molar-refractivity contribution in [2.24, 2.45) is 5.92 Å². The molecule has 386 valence electrons. The van der Waals surface area contributed by atoms with Gasteiger partial charge >= 0.3 is 0 Å². The van der Waals surface area contributed by atoms with E-state index in [1.165, 1.54) is 56.9 Å². The van der Waals surface area contributed by atoms with E-state index in [9.17, 15) is 26.3 Å². The molecule has 0 radical (unpaired) electrons. The van der Waals surface area contributed by atoms with Crippen molar-refractivity contribution in [2.75, 3.05) is 112 Å². The molecular formula is C47H56ClF2N11O9S2. The van der Waals surface area contributed by atoms with E-state index in [0.29, 0.717) is 115 Å². The third-order valence-electron chi connectivity index (χ3n) is 12.3. The standard InChI is InChI=1S/C28H37FN6O5S.C19H19ClFN5O4S/c1-28(2,36)20-5-7-34(8-6-20)17-19-13-21(29)15-22-24(31-27(32-25(19)22)35-9-11-40-12-10-35)18-14-23(33-41(4,37)38)26(39-3)30-16-18;1-29-18-15(25-31(2,27)28)7-11(10-22-18)16-13-8-12(21)9-14(20)17(13)24-19(23-16)26-3-5-30-6-4-26/h13-16,20,33,36H,5-12,17H2,1-4H3;7-10,25H,3-6H2,1-2H3. The van der Waals surface area contributed by atoms with Crippen molar-refractivity contribution in [3.05, 3.63) is 71.0 Å². The molecule has 0 atom stereocenters. The molecule has 0 spiro atoms. The number of sulfonamides is 2. The van der Waals surface area contributed by atoms with Crippen LogP contribution in [0.1, 0.15) is 32.3 Å². The molecule has 0 bridgehead atoms. The summed E-state index contributed by atoms with van der Waals surface area (Å²) >= 11 is 6.30. The smallest absolute Gasteiger partial charge is 0.238 e. The van der Waals surface area contributed by atoms with Crippen molar-refractivity contribution in [2.45, 2.75) is 38.8 Å². The monoisotopic (exact) mass is 1060 g/mol. The van der Waals surface area contributed by atoms with Crippen LogP contribution in [0.2, 0.25) is 5.02 Å². The summed E-state index contributed by atoms with van der Waals surface area (Å²) < 4.78 is 103. The van der Waals surface area contributed by atoms with E-state index in [4.69, 9.17) is 40.5 Å². The Morgan fingerprint density at radius 2 is 1.14 bits per heavy atom. The van der Waals surface area contributed by atoms with Crippen LogP contribution < -0.4 is 28.7 Å². The van der Waals surface area contributed by atoms with Crippen LogP contribution >= 0.6 is 11.6 Å². The molecule has 3 fully saturated rings. The average Bonchev–Trinajstić information content (AvgIpc) is 3.33. The van der Waals surface area contributed by atoms with Gasteiger partial charge in [0, 0.05) is 67.0 Å². The van der Waals surface area contributed by atoms with Crippen LogP contribution in [-0.2, 0) is 36.1 Å². The molecule has 72 heavy (non-hydrogen) atoms. The van der Waals surface area contributed by atoms with E-state index in [0.717, 1.165) is 44.0 Å². The maximum Gasteiger partial charge on any atom is 0.238 e. The maximum atomic E-state index is 15.2. The zero-order valence-electron chi connectivity index (χ0n) is 40.6. The van der Waals surface area contributed by atoms with Crippen molar-refractivity contribution in [3.8, 4) is 34.3 Å².